The van der Waals surface area contributed by atoms with Crippen molar-refractivity contribution in [3.8, 4) is 5.75 Å². The van der Waals surface area contributed by atoms with E-state index in [1.807, 2.05) is 18.2 Å². The maximum absolute atomic E-state index is 9.47. The summed E-state index contributed by atoms with van der Waals surface area (Å²) in [5, 5.41) is 13.1. The van der Waals surface area contributed by atoms with E-state index < -0.39 is 0 Å². The monoisotopic (exact) mass is 235 g/mol. The molecule has 1 aliphatic rings. The molecule has 2 unspecified atom stereocenters. The Morgan fingerprint density at radius 3 is 2.82 bits per heavy atom. The standard InChI is InChI=1S/C14H21NO2/c1-10(12-4-3-5-13(16)8-12)15-14(9-17-2)11-6-7-11/h3-5,8,10-11,14-16H,6-7,9H2,1-2H3. The first-order valence-corrected chi connectivity index (χ1v) is 6.24. The molecular formula is C14H21NO2. The van der Waals surface area contributed by atoms with Gasteiger partial charge in [0.05, 0.1) is 6.61 Å². The molecule has 0 bridgehead atoms. The van der Waals surface area contributed by atoms with E-state index in [0.717, 1.165) is 18.1 Å². The lowest BCUT2D eigenvalue weighted by Crippen LogP contribution is -2.36. The fourth-order valence-corrected chi connectivity index (χ4v) is 2.21. The second kappa shape index (κ2) is 5.52. The van der Waals surface area contributed by atoms with Gasteiger partial charge in [-0.3, -0.25) is 0 Å². The minimum absolute atomic E-state index is 0.239. The third-order valence-electron chi connectivity index (χ3n) is 3.37. The number of nitrogens with one attached hydrogen (secondary N) is 1. The van der Waals surface area contributed by atoms with Gasteiger partial charge in [0, 0.05) is 19.2 Å². The number of phenols is 1. The van der Waals surface area contributed by atoms with Gasteiger partial charge in [0.1, 0.15) is 5.75 Å². The third-order valence-corrected chi connectivity index (χ3v) is 3.37. The van der Waals surface area contributed by atoms with Crippen LogP contribution < -0.4 is 5.32 Å². The molecule has 1 aromatic rings. The zero-order valence-corrected chi connectivity index (χ0v) is 10.5. The Morgan fingerprint density at radius 2 is 2.24 bits per heavy atom. The van der Waals surface area contributed by atoms with Crippen LogP contribution in [0.1, 0.15) is 31.4 Å². The second-order valence-corrected chi connectivity index (χ2v) is 4.88. The molecule has 1 aliphatic carbocycles. The van der Waals surface area contributed by atoms with E-state index in [1.54, 1.807) is 13.2 Å². The number of phenolic OH excluding ortho intramolecular Hbond substituents is 1. The number of rotatable bonds is 6. The van der Waals surface area contributed by atoms with Gasteiger partial charge in [-0.15, -0.1) is 0 Å². The summed E-state index contributed by atoms with van der Waals surface area (Å²) in [5.74, 6) is 1.08. The zero-order chi connectivity index (χ0) is 12.3. The summed E-state index contributed by atoms with van der Waals surface area (Å²) in [6.07, 6.45) is 2.60. The average molecular weight is 235 g/mol. The lowest BCUT2D eigenvalue weighted by molar-refractivity contribution is 0.152. The molecule has 1 saturated carbocycles. The van der Waals surface area contributed by atoms with Crippen molar-refractivity contribution >= 4 is 0 Å². The predicted octanol–water partition coefficient (Wildman–Crippen LogP) is 2.47. The molecule has 0 aliphatic heterocycles. The van der Waals surface area contributed by atoms with E-state index in [-0.39, 0.29) is 6.04 Å². The molecule has 0 saturated heterocycles. The molecule has 1 aromatic carbocycles. The van der Waals surface area contributed by atoms with Crippen LogP contribution in [0.3, 0.4) is 0 Å². The highest BCUT2D eigenvalue weighted by Crippen LogP contribution is 2.34. The van der Waals surface area contributed by atoms with Gasteiger partial charge in [-0.1, -0.05) is 12.1 Å². The normalized spacial score (nSPS) is 18.9. The summed E-state index contributed by atoms with van der Waals surface area (Å²) in [7, 11) is 1.75. The van der Waals surface area contributed by atoms with Crippen LogP contribution in [-0.2, 0) is 4.74 Å². The molecule has 0 amide bonds. The lowest BCUT2D eigenvalue weighted by Gasteiger charge is -2.23. The highest BCUT2D eigenvalue weighted by Gasteiger charge is 2.31. The van der Waals surface area contributed by atoms with Crippen LogP contribution in [0.4, 0.5) is 0 Å². The number of methoxy groups -OCH3 is 1. The Hall–Kier alpha value is -1.06. The number of aromatic hydroxyl groups is 1. The van der Waals surface area contributed by atoms with Gasteiger partial charge in [0.15, 0.2) is 0 Å². The van der Waals surface area contributed by atoms with E-state index in [1.165, 1.54) is 12.8 Å². The van der Waals surface area contributed by atoms with Crippen LogP contribution in [0, 0.1) is 5.92 Å². The molecule has 1 fully saturated rings. The van der Waals surface area contributed by atoms with Crippen molar-refractivity contribution in [2.75, 3.05) is 13.7 Å². The van der Waals surface area contributed by atoms with Crippen molar-refractivity contribution < 1.29 is 9.84 Å². The van der Waals surface area contributed by atoms with Crippen molar-refractivity contribution in [1.82, 2.24) is 5.32 Å². The van der Waals surface area contributed by atoms with Crippen LogP contribution in [-0.4, -0.2) is 24.9 Å². The van der Waals surface area contributed by atoms with E-state index in [0.29, 0.717) is 11.8 Å². The molecule has 2 atom stereocenters. The Bertz CT molecular complexity index is 363. The summed E-state index contributed by atoms with van der Waals surface area (Å²) in [6, 6.07) is 8.10. The van der Waals surface area contributed by atoms with Gasteiger partial charge in [-0.2, -0.15) is 0 Å². The van der Waals surface area contributed by atoms with Crippen LogP contribution >= 0.6 is 0 Å². The summed E-state index contributed by atoms with van der Waals surface area (Å²) in [4.78, 5) is 0. The second-order valence-electron chi connectivity index (χ2n) is 4.88. The molecular weight excluding hydrogens is 214 g/mol. The first-order valence-electron chi connectivity index (χ1n) is 6.24. The molecule has 94 valence electrons. The molecule has 3 heteroatoms. The lowest BCUT2D eigenvalue weighted by atomic mass is 10.1. The molecule has 0 spiro atoms. The smallest absolute Gasteiger partial charge is 0.115 e. The van der Waals surface area contributed by atoms with Gasteiger partial charge in [-0.25, -0.2) is 0 Å². The first-order chi connectivity index (χ1) is 8.20. The predicted molar refractivity (Wildman–Crippen MR) is 68.0 cm³/mol. The van der Waals surface area contributed by atoms with E-state index in [4.69, 9.17) is 4.74 Å². The quantitative estimate of drug-likeness (QED) is 0.796. The third kappa shape index (κ3) is 3.45. The first kappa shape index (κ1) is 12.4. The fraction of sp³-hybridized carbons (Fsp3) is 0.571. The summed E-state index contributed by atoms with van der Waals surface area (Å²) < 4.78 is 5.25. The van der Waals surface area contributed by atoms with Crippen molar-refractivity contribution in [1.29, 1.82) is 0 Å². The maximum Gasteiger partial charge on any atom is 0.115 e. The van der Waals surface area contributed by atoms with Gasteiger partial charge >= 0.3 is 0 Å². The Labute approximate surface area is 103 Å². The molecule has 0 heterocycles. The van der Waals surface area contributed by atoms with Crippen LogP contribution in [0.15, 0.2) is 24.3 Å². The molecule has 2 rings (SSSR count). The largest absolute Gasteiger partial charge is 0.508 e. The molecule has 17 heavy (non-hydrogen) atoms. The van der Waals surface area contributed by atoms with Crippen LogP contribution in [0.5, 0.6) is 5.75 Å². The van der Waals surface area contributed by atoms with Gasteiger partial charge < -0.3 is 15.2 Å². The van der Waals surface area contributed by atoms with E-state index >= 15 is 0 Å². The maximum atomic E-state index is 9.47. The Kier molecular flexibility index (Phi) is 4.02. The molecule has 0 radical (unpaired) electrons. The minimum atomic E-state index is 0.239. The van der Waals surface area contributed by atoms with Crippen molar-refractivity contribution in [3.63, 3.8) is 0 Å². The average Bonchev–Trinajstić information content (AvgIpc) is 3.12. The zero-order valence-electron chi connectivity index (χ0n) is 10.5. The van der Waals surface area contributed by atoms with Crippen LogP contribution in [0.25, 0.3) is 0 Å². The van der Waals surface area contributed by atoms with Crippen molar-refractivity contribution in [3.05, 3.63) is 29.8 Å². The van der Waals surface area contributed by atoms with Crippen molar-refractivity contribution in [2.24, 2.45) is 5.92 Å². The van der Waals surface area contributed by atoms with E-state index in [9.17, 15) is 5.11 Å². The van der Waals surface area contributed by atoms with Gasteiger partial charge in [-0.05, 0) is 43.4 Å². The molecule has 3 nitrogen and oxygen atoms in total. The highest BCUT2D eigenvalue weighted by molar-refractivity contribution is 5.29. The number of hydrogen-bond donors (Lipinski definition) is 2. The number of ether oxygens (including phenoxy) is 1. The summed E-state index contributed by atoms with van der Waals surface area (Å²) >= 11 is 0. The van der Waals surface area contributed by atoms with Gasteiger partial charge in [0.2, 0.25) is 0 Å². The van der Waals surface area contributed by atoms with Crippen LogP contribution in [0.2, 0.25) is 0 Å². The number of benzene rings is 1. The van der Waals surface area contributed by atoms with Gasteiger partial charge in [0.25, 0.3) is 0 Å². The Balaban J connectivity index is 1.96. The van der Waals surface area contributed by atoms with Crippen molar-refractivity contribution in [2.45, 2.75) is 31.8 Å². The highest BCUT2D eigenvalue weighted by atomic mass is 16.5. The molecule has 2 N–H and O–H groups in total. The topological polar surface area (TPSA) is 41.5 Å². The minimum Gasteiger partial charge on any atom is -0.508 e. The summed E-state index contributed by atoms with van der Waals surface area (Å²) in [6.45, 7) is 2.88. The summed E-state index contributed by atoms with van der Waals surface area (Å²) in [5.41, 5.74) is 1.12. The fourth-order valence-electron chi connectivity index (χ4n) is 2.21. The Morgan fingerprint density at radius 1 is 1.47 bits per heavy atom. The van der Waals surface area contributed by atoms with E-state index in [2.05, 4.69) is 12.2 Å². The SMILES string of the molecule is COCC(NC(C)c1cccc(O)c1)C1CC1. The molecule has 0 aromatic heterocycles. The number of hydrogen-bond acceptors (Lipinski definition) is 3.